The van der Waals surface area contributed by atoms with Crippen LogP contribution in [0.2, 0.25) is 0 Å². The summed E-state index contributed by atoms with van der Waals surface area (Å²) in [5.41, 5.74) is 0.225. The maximum atomic E-state index is 13.3. The fraction of sp³-hybridized carbons (Fsp3) is 0.364. The summed E-state index contributed by atoms with van der Waals surface area (Å²) >= 11 is 3.15. The molecule has 0 heterocycles. The molecule has 0 unspecified atom stereocenters. The molecule has 1 N–H and O–H groups in total. The number of carbonyl (C=O) groups excluding carboxylic acids is 1. The second-order valence-electron chi connectivity index (χ2n) is 3.42. The van der Waals surface area contributed by atoms with Crippen LogP contribution in [0.15, 0.2) is 22.7 Å². The molecule has 0 aliphatic heterocycles. The summed E-state index contributed by atoms with van der Waals surface area (Å²) < 4.78 is 14.0. The van der Waals surface area contributed by atoms with Gasteiger partial charge in [-0.25, -0.2) is 4.39 Å². The number of nitrogens with one attached hydrogen (secondary N) is 1. The van der Waals surface area contributed by atoms with Crippen LogP contribution in [-0.2, 0) is 4.79 Å². The zero-order valence-corrected chi connectivity index (χ0v) is 10.3. The first-order valence-corrected chi connectivity index (χ1v) is 5.59. The van der Waals surface area contributed by atoms with Crippen molar-refractivity contribution < 1.29 is 9.18 Å². The van der Waals surface area contributed by atoms with Crippen LogP contribution in [0.5, 0.6) is 0 Å². The lowest BCUT2D eigenvalue weighted by Gasteiger charge is -2.10. The number of hydrogen-bond donors (Lipinski definition) is 1. The van der Waals surface area contributed by atoms with E-state index in [0.29, 0.717) is 4.47 Å². The van der Waals surface area contributed by atoms with E-state index in [4.69, 9.17) is 0 Å². The van der Waals surface area contributed by atoms with Crippen molar-refractivity contribution in [2.24, 2.45) is 5.92 Å². The number of hydrogen-bond acceptors (Lipinski definition) is 1. The van der Waals surface area contributed by atoms with Gasteiger partial charge in [-0.05, 0) is 24.6 Å². The first kappa shape index (κ1) is 12.2. The van der Waals surface area contributed by atoms with Gasteiger partial charge in [0.2, 0.25) is 5.91 Å². The molecule has 4 heteroatoms. The van der Waals surface area contributed by atoms with Gasteiger partial charge in [-0.1, -0.05) is 29.8 Å². The molecule has 1 aromatic carbocycles. The van der Waals surface area contributed by atoms with Crippen LogP contribution < -0.4 is 5.32 Å². The van der Waals surface area contributed by atoms with Gasteiger partial charge in [0.25, 0.3) is 0 Å². The molecule has 15 heavy (non-hydrogen) atoms. The molecule has 1 amide bonds. The van der Waals surface area contributed by atoms with Crippen molar-refractivity contribution in [1.29, 1.82) is 0 Å². The second kappa shape index (κ2) is 5.26. The Kier molecular flexibility index (Phi) is 4.27. The molecule has 2 nitrogen and oxygen atoms in total. The molecule has 0 bridgehead atoms. The van der Waals surface area contributed by atoms with Crippen molar-refractivity contribution in [3.63, 3.8) is 0 Å². The third kappa shape index (κ3) is 3.30. The summed E-state index contributed by atoms with van der Waals surface area (Å²) in [5, 5.41) is 2.55. The first-order valence-electron chi connectivity index (χ1n) is 4.80. The van der Waals surface area contributed by atoms with Gasteiger partial charge in [0, 0.05) is 10.4 Å². The Morgan fingerprint density at radius 1 is 1.60 bits per heavy atom. The third-order valence-corrected chi connectivity index (χ3v) is 2.74. The van der Waals surface area contributed by atoms with Crippen molar-refractivity contribution in [3.8, 4) is 0 Å². The van der Waals surface area contributed by atoms with Gasteiger partial charge in [-0.15, -0.1) is 0 Å². The SMILES string of the molecule is CC[C@H](C)C(=O)Nc1ccc(Br)cc1F. The predicted molar refractivity (Wildman–Crippen MR) is 62.2 cm³/mol. The van der Waals surface area contributed by atoms with E-state index in [1.165, 1.54) is 6.07 Å². The lowest BCUT2D eigenvalue weighted by atomic mass is 10.1. The minimum atomic E-state index is -0.430. The van der Waals surface area contributed by atoms with E-state index in [1.54, 1.807) is 12.1 Å². The number of amides is 1. The molecule has 0 aromatic heterocycles. The Labute approximate surface area is 97.0 Å². The first-order chi connectivity index (χ1) is 7.04. The highest BCUT2D eigenvalue weighted by atomic mass is 79.9. The summed E-state index contributed by atoms with van der Waals surface area (Å²) in [6.45, 7) is 3.73. The fourth-order valence-electron chi connectivity index (χ4n) is 1.03. The monoisotopic (exact) mass is 273 g/mol. The van der Waals surface area contributed by atoms with Gasteiger partial charge in [0.15, 0.2) is 0 Å². The molecule has 1 rings (SSSR count). The van der Waals surface area contributed by atoms with E-state index in [2.05, 4.69) is 21.2 Å². The normalized spacial score (nSPS) is 12.3. The Bertz CT molecular complexity index is 368. The van der Waals surface area contributed by atoms with E-state index < -0.39 is 5.82 Å². The largest absolute Gasteiger partial charge is 0.323 e. The summed E-state index contributed by atoms with van der Waals surface area (Å²) in [6.07, 6.45) is 0.740. The molecule has 0 radical (unpaired) electrons. The topological polar surface area (TPSA) is 29.1 Å². The smallest absolute Gasteiger partial charge is 0.227 e. The van der Waals surface area contributed by atoms with Crippen molar-refractivity contribution in [1.82, 2.24) is 0 Å². The summed E-state index contributed by atoms with van der Waals surface area (Å²) in [4.78, 5) is 11.5. The molecule has 0 aliphatic carbocycles. The quantitative estimate of drug-likeness (QED) is 0.896. The number of halogens is 2. The third-order valence-electron chi connectivity index (χ3n) is 2.25. The maximum absolute atomic E-state index is 13.3. The van der Waals surface area contributed by atoms with E-state index in [9.17, 15) is 9.18 Å². The molecule has 0 spiro atoms. The molecular weight excluding hydrogens is 261 g/mol. The Hall–Kier alpha value is -0.900. The second-order valence-corrected chi connectivity index (χ2v) is 4.34. The Morgan fingerprint density at radius 3 is 2.80 bits per heavy atom. The van der Waals surface area contributed by atoms with Crippen LogP contribution >= 0.6 is 15.9 Å². The fourth-order valence-corrected chi connectivity index (χ4v) is 1.37. The van der Waals surface area contributed by atoms with Crippen molar-refractivity contribution >= 4 is 27.5 Å². The molecular formula is C11H13BrFNO. The number of anilines is 1. The average molecular weight is 274 g/mol. The van der Waals surface area contributed by atoms with E-state index >= 15 is 0 Å². The van der Waals surface area contributed by atoms with Crippen LogP contribution in [-0.4, -0.2) is 5.91 Å². The van der Waals surface area contributed by atoms with Gasteiger partial charge >= 0.3 is 0 Å². The number of benzene rings is 1. The summed E-state index contributed by atoms with van der Waals surface area (Å²) in [7, 11) is 0. The van der Waals surface area contributed by atoms with Crippen LogP contribution in [0.25, 0.3) is 0 Å². The highest BCUT2D eigenvalue weighted by Crippen LogP contribution is 2.20. The minimum absolute atomic E-state index is 0.104. The van der Waals surface area contributed by atoms with E-state index in [0.717, 1.165) is 6.42 Å². The standard InChI is InChI=1S/C11H13BrFNO/c1-3-7(2)11(15)14-10-5-4-8(12)6-9(10)13/h4-7H,3H2,1-2H3,(H,14,15)/t7-/m0/s1. The van der Waals surface area contributed by atoms with Crippen molar-refractivity contribution in [3.05, 3.63) is 28.5 Å². The highest BCUT2D eigenvalue weighted by Gasteiger charge is 2.12. The lowest BCUT2D eigenvalue weighted by molar-refractivity contribution is -0.119. The molecule has 0 fully saturated rings. The zero-order chi connectivity index (χ0) is 11.4. The van der Waals surface area contributed by atoms with Gasteiger partial charge in [0.1, 0.15) is 5.82 Å². The Balaban J connectivity index is 2.77. The lowest BCUT2D eigenvalue weighted by Crippen LogP contribution is -2.20. The van der Waals surface area contributed by atoms with Crippen molar-refractivity contribution in [2.45, 2.75) is 20.3 Å². The van der Waals surface area contributed by atoms with Gasteiger partial charge in [-0.2, -0.15) is 0 Å². The van der Waals surface area contributed by atoms with Crippen LogP contribution in [0.1, 0.15) is 20.3 Å². The summed E-state index contributed by atoms with van der Waals surface area (Å²) in [6, 6.07) is 4.56. The minimum Gasteiger partial charge on any atom is -0.323 e. The summed E-state index contributed by atoms with van der Waals surface area (Å²) in [5.74, 6) is -0.687. The van der Waals surface area contributed by atoms with Crippen LogP contribution in [0.4, 0.5) is 10.1 Å². The van der Waals surface area contributed by atoms with Gasteiger partial charge < -0.3 is 5.32 Å². The molecule has 82 valence electrons. The Morgan fingerprint density at radius 2 is 2.27 bits per heavy atom. The number of rotatable bonds is 3. The van der Waals surface area contributed by atoms with Crippen molar-refractivity contribution in [2.75, 3.05) is 5.32 Å². The molecule has 1 atom stereocenters. The van der Waals surface area contributed by atoms with Gasteiger partial charge in [-0.3, -0.25) is 4.79 Å². The zero-order valence-electron chi connectivity index (χ0n) is 8.68. The number of carbonyl (C=O) groups is 1. The molecule has 0 saturated carbocycles. The van der Waals surface area contributed by atoms with Crippen LogP contribution in [0, 0.1) is 11.7 Å². The van der Waals surface area contributed by atoms with E-state index in [1.807, 2.05) is 13.8 Å². The molecule has 0 aliphatic rings. The average Bonchev–Trinajstić information content (AvgIpc) is 2.20. The molecule has 1 aromatic rings. The van der Waals surface area contributed by atoms with E-state index in [-0.39, 0.29) is 17.5 Å². The predicted octanol–water partition coefficient (Wildman–Crippen LogP) is 3.57. The maximum Gasteiger partial charge on any atom is 0.227 e. The highest BCUT2D eigenvalue weighted by molar-refractivity contribution is 9.10. The van der Waals surface area contributed by atoms with Gasteiger partial charge in [0.05, 0.1) is 5.69 Å². The van der Waals surface area contributed by atoms with Crippen LogP contribution in [0.3, 0.4) is 0 Å². The molecule has 0 saturated heterocycles.